The van der Waals surface area contributed by atoms with Gasteiger partial charge in [0.2, 0.25) is 5.88 Å². The second-order valence-electron chi connectivity index (χ2n) is 4.01. The van der Waals surface area contributed by atoms with E-state index in [0.29, 0.717) is 11.6 Å². The SMILES string of the molecule is NC(=O)Oc1[nH]c2ccsc2c1Sc1ccccc1N. The van der Waals surface area contributed by atoms with Crippen LogP contribution in [0.2, 0.25) is 0 Å². The Kier molecular flexibility index (Phi) is 3.29. The van der Waals surface area contributed by atoms with Crippen molar-refractivity contribution >= 4 is 45.1 Å². The van der Waals surface area contributed by atoms with Crippen molar-refractivity contribution in [1.82, 2.24) is 4.98 Å². The van der Waals surface area contributed by atoms with Crippen LogP contribution in [0.3, 0.4) is 0 Å². The summed E-state index contributed by atoms with van der Waals surface area (Å²) < 4.78 is 6.04. The largest absolute Gasteiger partial charge is 0.411 e. The van der Waals surface area contributed by atoms with E-state index in [9.17, 15) is 4.79 Å². The molecule has 1 aromatic carbocycles. The summed E-state index contributed by atoms with van der Waals surface area (Å²) in [6, 6.07) is 9.45. The fourth-order valence-corrected chi connectivity index (χ4v) is 3.81. The number of carbonyl (C=O) groups excluding carboxylic acids is 1. The molecule has 102 valence electrons. The Bertz CT molecular complexity index is 779. The van der Waals surface area contributed by atoms with Gasteiger partial charge < -0.3 is 21.2 Å². The minimum Gasteiger partial charge on any atom is -0.398 e. The lowest BCUT2D eigenvalue weighted by Gasteiger charge is -2.05. The number of fused-ring (bicyclic) bond motifs is 1. The summed E-state index contributed by atoms with van der Waals surface area (Å²) in [5, 5.41) is 1.97. The first-order chi connectivity index (χ1) is 9.65. The predicted molar refractivity (Wildman–Crippen MR) is 81.4 cm³/mol. The second kappa shape index (κ2) is 5.10. The van der Waals surface area contributed by atoms with Gasteiger partial charge in [0.05, 0.1) is 15.1 Å². The molecule has 0 unspecified atom stereocenters. The fraction of sp³-hybridized carbons (Fsp3) is 0. The number of carbonyl (C=O) groups is 1. The monoisotopic (exact) mass is 305 g/mol. The van der Waals surface area contributed by atoms with E-state index < -0.39 is 6.09 Å². The zero-order valence-electron chi connectivity index (χ0n) is 10.3. The summed E-state index contributed by atoms with van der Waals surface area (Å²) in [4.78, 5) is 15.7. The maximum absolute atomic E-state index is 11.0. The summed E-state index contributed by atoms with van der Waals surface area (Å²) in [5.41, 5.74) is 12.6. The molecule has 0 aliphatic rings. The van der Waals surface area contributed by atoms with E-state index in [2.05, 4.69) is 4.98 Å². The number of hydrogen-bond donors (Lipinski definition) is 3. The highest BCUT2D eigenvalue weighted by molar-refractivity contribution is 8.00. The number of ether oxygens (including phenoxy) is 1. The molecule has 7 heteroatoms. The van der Waals surface area contributed by atoms with Crippen LogP contribution in [0, 0.1) is 0 Å². The molecule has 2 heterocycles. The minimum absolute atomic E-state index is 0.354. The van der Waals surface area contributed by atoms with Crippen molar-refractivity contribution in [2.45, 2.75) is 9.79 Å². The number of nitrogen functional groups attached to an aromatic ring is 1. The Labute approximate surface area is 122 Å². The summed E-state index contributed by atoms with van der Waals surface area (Å²) >= 11 is 3.01. The van der Waals surface area contributed by atoms with Crippen LogP contribution in [0.25, 0.3) is 10.2 Å². The summed E-state index contributed by atoms with van der Waals surface area (Å²) in [5.74, 6) is 0.354. The lowest BCUT2D eigenvalue weighted by Crippen LogP contribution is -2.16. The third kappa shape index (κ3) is 2.33. The summed E-state index contributed by atoms with van der Waals surface area (Å²) in [7, 11) is 0. The molecule has 0 radical (unpaired) electrons. The van der Waals surface area contributed by atoms with Crippen LogP contribution in [0.4, 0.5) is 10.5 Å². The molecule has 0 saturated heterocycles. The van der Waals surface area contributed by atoms with Gasteiger partial charge in [-0.05, 0) is 23.6 Å². The average molecular weight is 305 g/mol. The van der Waals surface area contributed by atoms with Crippen LogP contribution in [0.5, 0.6) is 5.88 Å². The Morgan fingerprint density at radius 1 is 1.30 bits per heavy atom. The topological polar surface area (TPSA) is 94.1 Å². The number of thiophene rings is 1. The third-order valence-electron chi connectivity index (χ3n) is 2.66. The number of rotatable bonds is 3. The highest BCUT2D eigenvalue weighted by Gasteiger charge is 2.17. The number of para-hydroxylation sites is 1. The Hall–Kier alpha value is -2.12. The molecule has 0 atom stereocenters. The van der Waals surface area contributed by atoms with Gasteiger partial charge in [-0.2, -0.15) is 0 Å². The first kappa shape index (κ1) is 12.9. The quantitative estimate of drug-likeness (QED) is 0.646. The van der Waals surface area contributed by atoms with Crippen LogP contribution in [0.1, 0.15) is 0 Å². The van der Waals surface area contributed by atoms with Gasteiger partial charge in [-0.15, -0.1) is 11.3 Å². The van der Waals surface area contributed by atoms with Crippen molar-refractivity contribution in [2.75, 3.05) is 5.73 Å². The van der Waals surface area contributed by atoms with Crippen LogP contribution < -0.4 is 16.2 Å². The van der Waals surface area contributed by atoms with Gasteiger partial charge in [-0.3, -0.25) is 0 Å². The van der Waals surface area contributed by atoms with Crippen molar-refractivity contribution in [3.8, 4) is 5.88 Å². The Balaban J connectivity index is 2.06. The molecule has 0 aliphatic heterocycles. The first-order valence-electron chi connectivity index (χ1n) is 5.74. The maximum atomic E-state index is 11.0. The molecular formula is C13H11N3O2S2. The maximum Gasteiger partial charge on any atom is 0.411 e. The van der Waals surface area contributed by atoms with E-state index in [1.165, 1.54) is 11.8 Å². The number of amides is 1. The van der Waals surface area contributed by atoms with Gasteiger partial charge in [0.15, 0.2) is 0 Å². The van der Waals surface area contributed by atoms with E-state index in [0.717, 1.165) is 20.0 Å². The zero-order chi connectivity index (χ0) is 14.1. The lowest BCUT2D eigenvalue weighted by atomic mass is 10.3. The second-order valence-corrected chi connectivity index (χ2v) is 5.98. The van der Waals surface area contributed by atoms with Gasteiger partial charge in [-0.1, -0.05) is 23.9 Å². The van der Waals surface area contributed by atoms with Gasteiger partial charge in [0.25, 0.3) is 0 Å². The summed E-state index contributed by atoms with van der Waals surface area (Å²) in [6.07, 6.45) is -0.846. The van der Waals surface area contributed by atoms with Gasteiger partial charge in [0, 0.05) is 10.6 Å². The van der Waals surface area contributed by atoms with Crippen molar-refractivity contribution < 1.29 is 9.53 Å². The molecule has 0 fully saturated rings. The van der Waals surface area contributed by atoms with Crippen LogP contribution >= 0.6 is 23.1 Å². The number of benzene rings is 1. The summed E-state index contributed by atoms with van der Waals surface area (Å²) in [6.45, 7) is 0. The van der Waals surface area contributed by atoms with Crippen LogP contribution in [-0.2, 0) is 0 Å². The molecule has 5 nitrogen and oxygen atoms in total. The Morgan fingerprint density at radius 2 is 2.10 bits per heavy atom. The fourth-order valence-electron chi connectivity index (χ4n) is 1.81. The van der Waals surface area contributed by atoms with Crippen LogP contribution in [-0.4, -0.2) is 11.1 Å². The van der Waals surface area contributed by atoms with Crippen LogP contribution in [0.15, 0.2) is 45.5 Å². The molecule has 0 saturated carbocycles. The molecular weight excluding hydrogens is 294 g/mol. The van der Waals surface area contributed by atoms with E-state index in [-0.39, 0.29) is 0 Å². The number of nitrogens with two attached hydrogens (primary N) is 2. The molecule has 3 rings (SSSR count). The lowest BCUT2D eigenvalue weighted by molar-refractivity contribution is 0.208. The normalized spacial score (nSPS) is 10.8. The zero-order valence-corrected chi connectivity index (χ0v) is 11.9. The number of aromatic nitrogens is 1. The standard InChI is InChI=1S/C13H11N3O2S2/c14-7-3-1-2-4-9(7)20-11-10-8(5-6-19-10)16-12(11)18-13(15)17/h1-6,16H,14H2,(H2,15,17). The number of hydrogen-bond acceptors (Lipinski definition) is 5. The molecule has 1 amide bonds. The first-order valence-corrected chi connectivity index (χ1v) is 7.43. The Morgan fingerprint density at radius 3 is 2.85 bits per heavy atom. The van der Waals surface area contributed by atoms with Crippen molar-refractivity contribution in [3.63, 3.8) is 0 Å². The molecule has 20 heavy (non-hydrogen) atoms. The predicted octanol–water partition coefficient (Wildman–Crippen LogP) is 3.42. The molecule has 2 aromatic heterocycles. The van der Waals surface area contributed by atoms with E-state index in [1.807, 2.05) is 35.7 Å². The number of aromatic amines is 1. The number of H-pyrrole nitrogens is 1. The number of anilines is 1. The van der Waals surface area contributed by atoms with Gasteiger partial charge >= 0.3 is 6.09 Å². The van der Waals surface area contributed by atoms with E-state index in [1.54, 1.807) is 11.3 Å². The molecule has 0 aliphatic carbocycles. The smallest absolute Gasteiger partial charge is 0.398 e. The van der Waals surface area contributed by atoms with Gasteiger partial charge in [0.1, 0.15) is 0 Å². The highest BCUT2D eigenvalue weighted by atomic mass is 32.2. The third-order valence-corrected chi connectivity index (χ3v) is 4.91. The average Bonchev–Trinajstić information content (AvgIpc) is 2.95. The van der Waals surface area contributed by atoms with Gasteiger partial charge in [-0.25, -0.2) is 4.79 Å². The highest BCUT2D eigenvalue weighted by Crippen LogP contribution is 2.44. The van der Waals surface area contributed by atoms with Crippen molar-refractivity contribution in [2.24, 2.45) is 5.73 Å². The molecule has 3 aromatic rings. The van der Waals surface area contributed by atoms with E-state index >= 15 is 0 Å². The van der Waals surface area contributed by atoms with Crippen molar-refractivity contribution in [1.29, 1.82) is 0 Å². The molecule has 5 N–H and O–H groups in total. The minimum atomic E-state index is -0.846. The molecule has 0 bridgehead atoms. The molecule has 0 spiro atoms. The van der Waals surface area contributed by atoms with E-state index in [4.69, 9.17) is 16.2 Å². The number of nitrogens with one attached hydrogen (secondary N) is 1. The van der Waals surface area contributed by atoms with Crippen molar-refractivity contribution in [3.05, 3.63) is 35.7 Å². The number of primary amides is 1.